The van der Waals surface area contributed by atoms with E-state index in [1.807, 2.05) is 19.1 Å². The Morgan fingerprint density at radius 3 is 2.58 bits per heavy atom. The second kappa shape index (κ2) is 8.13. The molecule has 2 rings (SSSR count). The van der Waals surface area contributed by atoms with Crippen molar-refractivity contribution in [3.8, 4) is 0 Å². The second-order valence-corrected chi connectivity index (χ2v) is 6.23. The van der Waals surface area contributed by atoms with Crippen LogP contribution in [0.3, 0.4) is 0 Å². The summed E-state index contributed by atoms with van der Waals surface area (Å²) < 4.78 is 0. The lowest BCUT2D eigenvalue weighted by atomic mass is 9.96. The molecule has 24 heavy (non-hydrogen) atoms. The number of benzene rings is 1. The van der Waals surface area contributed by atoms with Crippen LogP contribution >= 0.6 is 11.6 Å². The van der Waals surface area contributed by atoms with Crippen LogP contribution in [0.5, 0.6) is 0 Å². The first-order valence-corrected chi connectivity index (χ1v) is 8.23. The molecule has 1 aromatic carbocycles. The number of hydrogen-bond acceptors (Lipinski definition) is 3. The van der Waals surface area contributed by atoms with Crippen LogP contribution in [-0.4, -0.2) is 22.7 Å². The number of carbonyl (C=O) groups is 1. The van der Waals surface area contributed by atoms with Crippen LogP contribution in [0.4, 0.5) is 4.79 Å². The highest BCUT2D eigenvalue weighted by Crippen LogP contribution is 2.27. The van der Waals surface area contributed by atoms with Gasteiger partial charge in [0.15, 0.2) is 0 Å². The molecule has 0 fully saturated rings. The lowest BCUT2D eigenvalue weighted by Crippen LogP contribution is -2.44. The number of rotatable bonds is 6. The van der Waals surface area contributed by atoms with Crippen LogP contribution in [0.25, 0.3) is 0 Å². The van der Waals surface area contributed by atoms with Gasteiger partial charge < -0.3 is 15.7 Å². The quantitative estimate of drug-likeness (QED) is 0.749. The van der Waals surface area contributed by atoms with E-state index in [1.54, 1.807) is 43.6 Å². The zero-order chi connectivity index (χ0) is 17.6. The van der Waals surface area contributed by atoms with E-state index >= 15 is 0 Å². The van der Waals surface area contributed by atoms with E-state index in [9.17, 15) is 9.90 Å². The summed E-state index contributed by atoms with van der Waals surface area (Å²) in [7, 11) is 0. The monoisotopic (exact) mass is 347 g/mol. The van der Waals surface area contributed by atoms with E-state index < -0.39 is 5.60 Å². The van der Waals surface area contributed by atoms with Crippen molar-refractivity contribution < 1.29 is 9.90 Å². The summed E-state index contributed by atoms with van der Waals surface area (Å²) in [6.07, 6.45) is 4.14. The number of aliphatic hydroxyl groups is 1. The van der Waals surface area contributed by atoms with Crippen molar-refractivity contribution in [2.45, 2.75) is 31.9 Å². The maximum Gasteiger partial charge on any atom is 0.315 e. The summed E-state index contributed by atoms with van der Waals surface area (Å²) in [5.41, 5.74) is 0.308. The van der Waals surface area contributed by atoms with Crippen molar-refractivity contribution in [3.63, 3.8) is 0 Å². The number of nitrogens with zero attached hydrogens (tertiary/aromatic N) is 1. The van der Waals surface area contributed by atoms with Gasteiger partial charge in [-0.05, 0) is 37.1 Å². The fourth-order valence-corrected chi connectivity index (χ4v) is 2.81. The third-order valence-corrected chi connectivity index (χ3v) is 4.20. The SMILES string of the molecule is CCC(NC(=O)NCC(C)(O)c1ccccc1Cl)c1ccncc1. The summed E-state index contributed by atoms with van der Waals surface area (Å²) in [5, 5.41) is 16.7. The van der Waals surface area contributed by atoms with Gasteiger partial charge in [-0.2, -0.15) is 0 Å². The molecular weight excluding hydrogens is 326 g/mol. The normalized spacial score (nSPS) is 14.5. The van der Waals surface area contributed by atoms with Crippen LogP contribution in [-0.2, 0) is 5.60 Å². The standard InChI is InChI=1S/C18H22ClN3O2/c1-3-16(13-8-10-20-11-9-13)22-17(23)21-12-18(2,24)14-6-4-5-7-15(14)19/h4-11,16,24H,3,12H2,1-2H3,(H2,21,22,23). The van der Waals surface area contributed by atoms with Crippen molar-refractivity contribution in [2.75, 3.05) is 6.54 Å². The van der Waals surface area contributed by atoms with E-state index in [4.69, 9.17) is 11.6 Å². The molecule has 0 radical (unpaired) electrons. The highest BCUT2D eigenvalue weighted by Gasteiger charge is 2.26. The molecule has 128 valence electrons. The summed E-state index contributed by atoms with van der Waals surface area (Å²) in [5.74, 6) is 0. The third-order valence-electron chi connectivity index (χ3n) is 3.87. The Morgan fingerprint density at radius 2 is 1.96 bits per heavy atom. The Balaban J connectivity index is 1.96. The van der Waals surface area contributed by atoms with Gasteiger partial charge in [-0.1, -0.05) is 36.7 Å². The molecule has 6 heteroatoms. The lowest BCUT2D eigenvalue weighted by Gasteiger charge is -2.26. The van der Waals surface area contributed by atoms with Crippen molar-refractivity contribution >= 4 is 17.6 Å². The van der Waals surface area contributed by atoms with Crippen LogP contribution in [0.15, 0.2) is 48.8 Å². The van der Waals surface area contributed by atoms with Crippen LogP contribution in [0.2, 0.25) is 5.02 Å². The zero-order valence-corrected chi connectivity index (χ0v) is 14.5. The van der Waals surface area contributed by atoms with Crippen molar-refractivity contribution in [1.82, 2.24) is 15.6 Å². The number of urea groups is 1. The average Bonchev–Trinajstić information content (AvgIpc) is 2.59. The van der Waals surface area contributed by atoms with Gasteiger partial charge in [-0.25, -0.2) is 4.79 Å². The molecule has 0 aliphatic carbocycles. The highest BCUT2D eigenvalue weighted by atomic mass is 35.5. The lowest BCUT2D eigenvalue weighted by molar-refractivity contribution is 0.0593. The van der Waals surface area contributed by atoms with Gasteiger partial charge in [0.25, 0.3) is 0 Å². The smallest absolute Gasteiger partial charge is 0.315 e. The third kappa shape index (κ3) is 4.69. The molecular formula is C18H22ClN3O2. The summed E-state index contributed by atoms with van der Waals surface area (Å²) in [6, 6.07) is 10.3. The summed E-state index contributed by atoms with van der Waals surface area (Å²) >= 11 is 6.12. The molecule has 2 unspecified atom stereocenters. The van der Waals surface area contributed by atoms with E-state index in [0.29, 0.717) is 10.6 Å². The van der Waals surface area contributed by atoms with Gasteiger partial charge in [-0.15, -0.1) is 0 Å². The fourth-order valence-electron chi connectivity index (χ4n) is 2.47. The number of pyridine rings is 1. The van der Waals surface area contributed by atoms with Gasteiger partial charge in [-0.3, -0.25) is 4.98 Å². The molecule has 0 aliphatic rings. The van der Waals surface area contributed by atoms with E-state index in [-0.39, 0.29) is 18.6 Å². The molecule has 2 amide bonds. The molecule has 0 spiro atoms. The van der Waals surface area contributed by atoms with Crippen LogP contribution < -0.4 is 10.6 Å². The largest absolute Gasteiger partial charge is 0.384 e. The number of hydrogen-bond donors (Lipinski definition) is 3. The molecule has 5 nitrogen and oxygen atoms in total. The number of halogens is 1. The number of amides is 2. The molecule has 2 aromatic rings. The van der Waals surface area contributed by atoms with Gasteiger partial charge in [0.1, 0.15) is 5.60 Å². The molecule has 0 saturated heterocycles. The fraction of sp³-hybridized carbons (Fsp3) is 0.333. The van der Waals surface area contributed by atoms with Crippen molar-refractivity contribution in [3.05, 3.63) is 64.9 Å². The first-order valence-electron chi connectivity index (χ1n) is 7.85. The van der Waals surface area contributed by atoms with E-state index in [2.05, 4.69) is 15.6 Å². The van der Waals surface area contributed by atoms with E-state index in [1.165, 1.54) is 0 Å². The predicted octanol–water partition coefficient (Wildman–Crippen LogP) is 3.39. The zero-order valence-electron chi connectivity index (χ0n) is 13.8. The van der Waals surface area contributed by atoms with Crippen LogP contribution in [0.1, 0.15) is 37.4 Å². The Bertz CT molecular complexity index is 677. The maximum absolute atomic E-state index is 12.2. The summed E-state index contributed by atoms with van der Waals surface area (Å²) in [6.45, 7) is 3.66. The Kier molecular flexibility index (Phi) is 6.17. The first-order chi connectivity index (χ1) is 11.4. The topological polar surface area (TPSA) is 74.2 Å². The molecule has 3 N–H and O–H groups in total. The predicted molar refractivity (Wildman–Crippen MR) is 94.8 cm³/mol. The number of aromatic nitrogens is 1. The highest BCUT2D eigenvalue weighted by molar-refractivity contribution is 6.31. The number of carbonyl (C=O) groups excluding carboxylic acids is 1. The number of nitrogens with one attached hydrogen (secondary N) is 2. The average molecular weight is 348 g/mol. The molecule has 1 aromatic heterocycles. The van der Waals surface area contributed by atoms with Gasteiger partial charge in [0.2, 0.25) is 0 Å². The Hall–Kier alpha value is -2.11. The minimum Gasteiger partial charge on any atom is -0.384 e. The Morgan fingerprint density at radius 1 is 1.29 bits per heavy atom. The van der Waals surface area contributed by atoms with Gasteiger partial charge >= 0.3 is 6.03 Å². The molecule has 0 aliphatic heterocycles. The first kappa shape index (κ1) is 18.2. The van der Waals surface area contributed by atoms with Gasteiger partial charge in [0, 0.05) is 23.0 Å². The van der Waals surface area contributed by atoms with Gasteiger partial charge in [0.05, 0.1) is 12.6 Å². The van der Waals surface area contributed by atoms with Crippen LogP contribution in [0, 0.1) is 0 Å². The van der Waals surface area contributed by atoms with Crippen molar-refractivity contribution in [1.29, 1.82) is 0 Å². The molecule has 0 saturated carbocycles. The maximum atomic E-state index is 12.2. The Labute approximate surface area is 147 Å². The summed E-state index contributed by atoms with van der Waals surface area (Å²) in [4.78, 5) is 16.1. The second-order valence-electron chi connectivity index (χ2n) is 5.82. The molecule has 2 atom stereocenters. The minimum atomic E-state index is -1.26. The molecule has 0 bridgehead atoms. The van der Waals surface area contributed by atoms with E-state index in [0.717, 1.165) is 12.0 Å². The van der Waals surface area contributed by atoms with Crippen molar-refractivity contribution in [2.24, 2.45) is 0 Å². The minimum absolute atomic E-state index is 0.0509. The molecule has 1 heterocycles.